The standard InChI is InChI=1S/C15H19NO3/c1-2-13(10-17)16-15(18)6-4-11-3-5-14-12(9-11)7-8-19-14/h3-6,9,13,17H,2,7-8,10H2,1H3,(H,16,18)/b6-4+/t13-/m1/s1. The number of hydrogen-bond acceptors (Lipinski definition) is 3. The molecule has 0 saturated heterocycles. The number of nitrogens with one attached hydrogen (secondary N) is 1. The molecule has 1 aliphatic rings. The number of fused-ring (bicyclic) bond motifs is 1. The Morgan fingerprint density at radius 2 is 2.42 bits per heavy atom. The van der Waals surface area contributed by atoms with Crippen LogP contribution >= 0.6 is 0 Å². The molecular weight excluding hydrogens is 242 g/mol. The molecule has 2 N–H and O–H groups in total. The van der Waals surface area contributed by atoms with Gasteiger partial charge in [0.05, 0.1) is 19.3 Å². The SMILES string of the molecule is CC[C@H](CO)NC(=O)/C=C/c1ccc2c(c1)CCO2. The highest BCUT2D eigenvalue weighted by molar-refractivity contribution is 5.91. The van der Waals surface area contributed by atoms with Crippen molar-refractivity contribution in [3.05, 3.63) is 35.4 Å². The Balaban J connectivity index is 1.96. The number of benzene rings is 1. The Morgan fingerprint density at radius 3 is 3.16 bits per heavy atom. The molecule has 1 heterocycles. The molecule has 0 fully saturated rings. The van der Waals surface area contributed by atoms with Gasteiger partial charge in [0.2, 0.25) is 5.91 Å². The molecule has 0 aliphatic carbocycles. The fourth-order valence-corrected chi connectivity index (χ4v) is 2.01. The molecule has 1 aromatic rings. The van der Waals surface area contributed by atoms with Crippen molar-refractivity contribution in [2.75, 3.05) is 13.2 Å². The number of ether oxygens (including phenoxy) is 1. The van der Waals surface area contributed by atoms with Gasteiger partial charge in [0, 0.05) is 12.5 Å². The minimum Gasteiger partial charge on any atom is -0.493 e. The van der Waals surface area contributed by atoms with Crippen LogP contribution < -0.4 is 10.1 Å². The Kier molecular flexibility index (Phi) is 4.58. The zero-order valence-corrected chi connectivity index (χ0v) is 11.1. The van der Waals surface area contributed by atoms with E-state index in [-0.39, 0.29) is 18.6 Å². The topological polar surface area (TPSA) is 58.6 Å². The Morgan fingerprint density at radius 1 is 1.58 bits per heavy atom. The van der Waals surface area contributed by atoms with Crippen LogP contribution in [0.1, 0.15) is 24.5 Å². The van der Waals surface area contributed by atoms with E-state index in [2.05, 4.69) is 5.32 Å². The summed E-state index contributed by atoms with van der Waals surface area (Å²) in [6.07, 6.45) is 4.91. The molecule has 102 valence electrons. The van der Waals surface area contributed by atoms with E-state index >= 15 is 0 Å². The second kappa shape index (κ2) is 6.38. The second-order valence-electron chi connectivity index (χ2n) is 4.60. The zero-order chi connectivity index (χ0) is 13.7. The van der Waals surface area contributed by atoms with E-state index in [1.807, 2.05) is 25.1 Å². The number of carbonyl (C=O) groups excluding carboxylic acids is 1. The summed E-state index contributed by atoms with van der Waals surface area (Å²) in [6, 6.07) is 5.72. The van der Waals surface area contributed by atoms with E-state index in [0.29, 0.717) is 6.42 Å². The smallest absolute Gasteiger partial charge is 0.244 e. The summed E-state index contributed by atoms with van der Waals surface area (Å²) < 4.78 is 5.43. The van der Waals surface area contributed by atoms with Gasteiger partial charge in [0.25, 0.3) is 0 Å². The van der Waals surface area contributed by atoms with E-state index in [1.54, 1.807) is 6.08 Å². The zero-order valence-electron chi connectivity index (χ0n) is 11.1. The number of hydrogen-bond donors (Lipinski definition) is 2. The highest BCUT2D eigenvalue weighted by Gasteiger charge is 2.11. The average molecular weight is 261 g/mol. The van der Waals surface area contributed by atoms with Crippen LogP contribution in [0.25, 0.3) is 6.08 Å². The van der Waals surface area contributed by atoms with Crippen LogP contribution in [0.2, 0.25) is 0 Å². The molecule has 0 aromatic heterocycles. The lowest BCUT2D eigenvalue weighted by atomic mass is 10.1. The Labute approximate surface area is 113 Å². The molecule has 0 bridgehead atoms. The minimum absolute atomic E-state index is 0.0355. The third-order valence-electron chi connectivity index (χ3n) is 3.20. The van der Waals surface area contributed by atoms with Gasteiger partial charge in [-0.3, -0.25) is 4.79 Å². The van der Waals surface area contributed by atoms with Crippen molar-refractivity contribution >= 4 is 12.0 Å². The van der Waals surface area contributed by atoms with Gasteiger partial charge in [-0.05, 0) is 35.8 Å². The third-order valence-corrected chi connectivity index (χ3v) is 3.20. The lowest BCUT2D eigenvalue weighted by Crippen LogP contribution is -2.35. The quantitative estimate of drug-likeness (QED) is 0.790. The summed E-state index contributed by atoms with van der Waals surface area (Å²) in [7, 11) is 0. The summed E-state index contributed by atoms with van der Waals surface area (Å²) in [4.78, 5) is 11.6. The van der Waals surface area contributed by atoms with E-state index in [1.165, 1.54) is 11.6 Å². The molecule has 19 heavy (non-hydrogen) atoms. The van der Waals surface area contributed by atoms with Crippen LogP contribution in [0, 0.1) is 0 Å². The molecule has 0 unspecified atom stereocenters. The van der Waals surface area contributed by atoms with E-state index in [9.17, 15) is 4.79 Å². The van der Waals surface area contributed by atoms with Crippen molar-refractivity contribution in [2.45, 2.75) is 25.8 Å². The predicted molar refractivity (Wildman–Crippen MR) is 74.0 cm³/mol. The molecular formula is C15H19NO3. The second-order valence-corrected chi connectivity index (χ2v) is 4.60. The molecule has 0 spiro atoms. The maximum absolute atomic E-state index is 11.6. The molecule has 0 saturated carbocycles. The first-order chi connectivity index (χ1) is 9.22. The maximum Gasteiger partial charge on any atom is 0.244 e. The maximum atomic E-state index is 11.6. The lowest BCUT2D eigenvalue weighted by Gasteiger charge is -2.11. The molecule has 1 aromatic carbocycles. The summed E-state index contributed by atoms with van der Waals surface area (Å²) in [6.45, 7) is 2.62. The van der Waals surface area contributed by atoms with Crippen LogP contribution in [-0.2, 0) is 11.2 Å². The first-order valence-electron chi connectivity index (χ1n) is 6.58. The lowest BCUT2D eigenvalue weighted by molar-refractivity contribution is -0.117. The van der Waals surface area contributed by atoms with Gasteiger partial charge in [-0.2, -0.15) is 0 Å². The number of rotatable bonds is 5. The number of aliphatic hydroxyl groups is 1. The monoisotopic (exact) mass is 261 g/mol. The first-order valence-corrected chi connectivity index (χ1v) is 6.58. The van der Waals surface area contributed by atoms with Gasteiger partial charge in [-0.15, -0.1) is 0 Å². The van der Waals surface area contributed by atoms with Gasteiger partial charge in [-0.25, -0.2) is 0 Å². The van der Waals surface area contributed by atoms with E-state index < -0.39 is 0 Å². The predicted octanol–water partition coefficient (Wildman–Crippen LogP) is 1.52. The molecule has 4 nitrogen and oxygen atoms in total. The van der Waals surface area contributed by atoms with Gasteiger partial charge in [-0.1, -0.05) is 13.0 Å². The summed E-state index contributed by atoms with van der Waals surface area (Å²) in [5.41, 5.74) is 2.17. The average Bonchev–Trinajstić information content (AvgIpc) is 2.89. The van der Waals surface area contributed by atoms with Gasteiger partial charge >= 0.3 is 0 Å². The van der Waals surface area contributed by atoms with Gasteiger partial charge in [0.15, 0.2) is 0 Å². The fraction of sp³-hybridized carbons (Fsp3) is 0.400. The summed E-state index contributed by atoms with van der Waals surface area (Å²) >= 11 is 0. The molecule has 1 aliphatic heterocycles. The highest BCUT2D eigenvalue weighted by atomic mass is 16.5. The molecule has 2 rings (SSSR count). The molecule has 0 radical (unpaired) electrons. The summed E-state index contributed by atoms with van der Waals surface area (Å²) in [5.74, 6) is 0.755. The van der Waals surface area contributed by atoms with Crippen molar-refractivity contribution in [2.24, 2.45) is 0 Å². The normalized spacial score (nSPS) is 15.1. The van der Waals surface area contributed by atoms with Crippen LogP contribution in [0.3, 0.4) is 0 Å². The van der Waals surface area contributed by atoms with Gasteiger partial charge < -0.3 is 15.2 Å². The van der Waals surface area contributed by atoms with Crippen molar-refractivity contribution in [1.29, 1.82) is 0 Å². The van der Waals surface area contributed by atoms with Crippen LogP contribution in [-0.4, -0.2) is 30.3 Å². The van der Waals surface area contributed by atoms with Crippen molar-refractivity contribution in [3.63, 3.8) is 0 Å². The third kappa shape index (κ3) is 3.58. The van der Waals surface area contributed by atoms with Crippen LogP contribution in [0.4, 0.5) is 0 Å². The largest absolute Gasteiger partial charge is 0.493 e. The van der Waals surface area contributed by atoms with E-state index in [0.717, 1.165) is 24.3 Å². The molecule has 1 atom stereocenters. The van der Waals surface area contributed by atoms with Crippen molar-refractivity contribution < 1.29 is 14.6 Å². The van der Waals surface area contributed by atoms with Crippen molar-refractivity contribution in [3.8, 4) is 5.75 Å². The number of aliphatic hydroxyl groups excluding tert-OH is 1. The van der Waals surface area contributed by atoms with Gasteiger partial charge in [0.1, 0.15) is 5.75 Å². The minimum atomic E-state index is -0.183. The Hall–Kier alpha value is -1.81. The molecule has 4 heteroatoms. The molecule has 1 amide bonds. The number of amides is 1. The Bertz CT molecular complexity index is 478. The highest BCUT2D eigenvalue weighted by Crippen LogP contribution is 2.26. The van der Waals surface area contributed by atoms with E-state index in [4.69, 9.17) is 9.84 Å². The fourth-order valence-electron chi connectivity index (χ4n) is 2.01. The van der Waals surface area contributed by atoms with Crippen LogP contribution in [0.5, 0.6) is 5.75 Å². The first kappa shape index (κ1) is 13.6. The van der Waals surface area contributed by atoms with Crippen LogP contribution in [0.15, 0.2) is 24.3 Å². The summed E-state index contributed by atoms with van der Waals surface area (Å²) in [5, 5.41) is 11.8. The van der Waals surface area contributed by atoms with Crippen molar-refractivity contribution in [1.82, 2.24) is 5.32 Å². The number of carbonyl (C=O) groups is 1.